The van der Waals surface area contributed by atoms with Crippen molar-refractivity contribution in [3.63, 3.8) is 0 Å². The highest BCUT2D eigenvalue weighted by Gasteiger charge is 2.12. The second kappa shape index (κ2) is 4.74. The van der Waals surface area contributed by atoms with Crippen LogP contribution in [-0.2, 0) is 0 Å². The minimum Gasteiger partial charge on any atom is -0.467 e. The number of hydrogen-bond donors (Lipinski definition) is 1. The summed E-state index contributed by atoms with van der Waals surface area (Å²) in [5, 5.41) is 3.41. The lowest BCUT2D eigenvalue weighted by Gasteiger charge is -2.15. The van der Waals surface area contributed by atoms with Crippen molar-refractivity contribution in [1.82, 2.24) is 0 Å². The molecule has 84 valence electrons. The fourth-order valence-electron chi connectivity index (χ4n) is 1.71. The maximum absolute atomic E-state index is 5.46. The Morgan fingerprint density at radius 2 is 2.00 bits per heavy atom. The zero-order chi connectivity index (χ0) is 11.5. The van der Waals surface area contributed by atoms with Crippen LogP contribution < -0.4 is 5.32 Å². The molecular formula is C13H14BrNO. The molecule has 0 aliphatic rings. The molecule has 1 unspecified atom stereocenters. The molecule has 1 heterocycles. The van der Waals surface area contributed by atoms with Gasteiger partial charge < -0.3 is 9.73 Å². The van der Waals surface area contributed by atoms with Gasteiger partial charge >= 0.3 is 0 Å². The highest BCUT2D eigenvalue weighted by molar-refractivity contribution is 9.10. The van der Waals surface area contributed by atoms with E-state index >= 15 is 0 Å². The molecule has 1 N–H and O–H groups in total. The minimum absolute atomic E-state index is 0.161. The third-order valence-corrected chi connectivity index (χ3v) is 3.23. The molecule has 0 saturated carbocycles. The van der Waals surface area contributed by atoms with Crippen molar-refractivity contribution < 1.29 is 4.42 Å². The number of hydrogen-bond acceptors (Lipinski definition) is 2. The Morgan fingerprint density at radius 1 is 1.25 bits per heavy atom. The van der Waals surface area contributed by atoms with Crippen LogP contribution in [0.4, 0.5) is 5.69 Å². The number of rotatable bonds is 3. The van der Waals surface area contributed by atoms with E-state index < -0.39 is 0 Å². The molecule has 0 bridgehead atoms. The van der Waals surface area contributed by atoms with Crippen LogP contribution in [0.15, 0.2) is 45.5 Å². The van der Waals surface area contributed by atoms with Gasteiger partial charge in [0.1, 0.15) is 5.76 Å². The molecule has 0 amide bonds. The van der Waals surface area contributed by atoms with E-state index in [4.69, 9.17) is 4.42 Å². The summed E-state index contributed by atoms with van der Waals surface area (Å²) in [6.45, 7) is 4.14. The van der Waals surface area contributed by atoms with Gasteiger partial charge in [0, 0.05) is 10.2 Å². The Balaban J connectivity index is 2.17. The molecule has 1 atom stereocenters. The predicted molar refractivity (Wildman–Crippen MR) is 69.6 cm³/mol. The number of furan rings is 1. The smallest absolute Gasteiger partial charge is 0.128 e. The molecule has 0 spiro atoms. The minimum atomic E-state index is 0.161. The van der Waals surface area contributed by atoms with Crippen LogP contribution >= 0.6 is 15.9 Å². The van der Waals surface area contributed by atoms with Gasteiger partial charge in [0.05, 0.1) is 12.3 Å². The van der Waals surface area contributed by atoms with Crippen molar-refractivity contribution in [1.29, 1.82) is 0 Å². The summed E-state index contributed by atoms with van der Waals surface area (Å²) in [5.74, 6) is 0.982. The number of para-hydroxylation sites is 1. The van der Waals surface area contributed by atoms with Crippen molar-refractivity contribution in [2.45, 2.75) is 19.9 Å². The van der Waals surface area contributed by atoms with E-state index in [9.17, 15) is 0 Å². The maximum Gasteiger partial charge on any atom is 0.128 e. The molecule has 0 saturated heterocycles. The van der Waals surface area contributed by atoms with Gasteiger partial charge in [-0.2, -0.15) is 0 Å². The van der Waals surface area contributed by atoms with Crippen molar-refractivity contribution in [2.75, 3.05) is 5.32 Å². The van der Waals surface area contributed by atoms with Gasteiger partial charge in [-0.1, -0.05) is 12.1 Å². The first-order chi connectivity index (χ1) is 7.68. The Labute approximate surface area is 104 Å². The summed E-state index contributed by atoms with van der Waals surface area (Å²) in [4.78, 5) is 0. The highest BCUT2D eigenvalue weighted by atomic mass is 79.9. The second-order valence-electron chi connectivity index (χ2n) is 3.81. The van der Waals surface area contributed by atoms with Gasteiger partial charge in [-0.3, -0.25) is 0 Å². The third-order valence-electron chi connectivity index (χ3n) is 2.54. The van der Waals surface area contributed by atoms with Gasteiger partial charge in [-0.05, 0) is 53.5 Å². The highest BCUT2D eigenvalue weighted by Crippen LogP contribution is 2.27. The molecule has 1 aromatic heterocycles. The van der Waals surface area contributed by atoms with Crippen LogP contribution in [0.2, 0.25) is 0 Å². The Kier molecular flexibility index (Phi) is 3.34. The molecule has 16 heavy (non-hydrogen) atoms. The number of anilines is 1. The van der Waals surface area contributed by atoms with Crippen LogP contribution in [0.25, 0.3) is 0 Å². The standard InChI is InChI=1S/C13H14BrNO/c1-9-7-8-16-13(9)10(2)15-12-6-4-3-5-11(12)14/h3-8,10,15H,1-2H3. The van der Waals surface area contributed by atoms with Crippen LogP contribution in [0.1, 0.15) is 24.3 Å². The van der Waals surface area contributed by atoms with E-state index in [1.54, 1.807) is 6.26 Å². The first-order valence-electron chi connectivity index (χ1n) is 5.23. The first kappa shape index (κ1) is 11.3. The van der Waals surface area contributed by atoms with E-state index in [-0.39, 0.29) is 6.04 Å². The average molecular weight is 280 g/mol. The predicted octanol–water partition coefficient (Wildman–Crippen LogP) is 4.52. The zero-order valence-electron chi connectivity index (χ0n) is 9.33. The van der Waals surface area contributed by atoms with Gasteiger partial charge in [-0.15, -0.1) is 0 Å². The van der Waals surface area contributed by atoms with E-state index in [2.05, 4.69) is 35.1 Å². The Hall–Kier alpha value is -1.22. The molecule has 0 radical (unpaired) electrons. The average Bonchev–Trinajstić information content (AvgIpc) is 2.68. The molecule has 0 aliphatic carbocycles. The Bertz CT molecular complexity index is 478. The van der Waals surface area contributed by atoms with Crippen LogP contribution in [-0.4, -0.2) is 0 Å². The molecule has 1 aromatic carbocycles. The zero-order valence-corrected chi connectivity index (χ0v) is 10.9. The summed E-state index contributed by atoms with van der Waals surface area (Å²) >= 11 is 3.51. The third kappa shape index (κ3) is 2.30. The molecule has 3 heteroatoms. The lowest BCUT2D eigenvalue weighted by atomic mass is 10.1. The first-order valence-corrected chi connectivity index (χ1v) is 6.03. The topological polar surface area (TPSA) is 25.2 Å². The van der Waals surface area contributed by atoms with E-state index in [0.29, 0.717) is 0 Å². The quantitative estimate of drug-likeness (QED) is 0.894. The van der Waals surface area contributed by atoms with Crippen LogP contribution in [0.5, 0.6) is 0 Å². The number of nitrogens with one attached hydrogen (secondary N) is 1. The van der Waals surface area contributed by atoms with Gasteiger partial charge in [0.15, 0.2) is 0 Å². The largest absolute Gasteiger partial charge is 0.467 e. The summed E-state index contributed by atoms with van der Waals surface area (Å²) < 4.78 is 6.52. The van der Waals surface area contributed by atoms with Crippen molar-refractivity contribution in [3.8, 4) is 0 Å². The summed E-state index contributed by atoms with van der Waals surface area (Å²) in [6, 6.07) is 10.2. The van der Waals surface area contributed by atoms with Crippen molar-refractivity contribution in [3.05, 3.63) is 52.4 Å². The van der Waals surface area contributed by atoms with E-state index in [1.807, 2.05) is 30.3 Å². The fourth-order valence-corrected chi connectivity index (χ4v) is 2.10. The summed E-state index contributed by atoms with van der Waals surface area (Å²) in [6.07, 6.45) is 1.73. The summed E-state index contributed by atoms with van der Waals surface area (Å²) in [7, 11) is 0. The Morgan fingerprint density at radius 3 is 2.62 bits per heavy atom. The normalized spacial score (nSPS) is 12.4. The van der Waals surface area contributed by atoms with Crippen LogP contribution in [0.3, 0.4) is 0 Å². The van der Waals surface area contributed by atoms with Gasteiger partial charge in [-0.25, -0.2) is 0 Å². The molecular weight excluding hydrogens is 266 g/mol. The molecule has 0 fully saturated rings. The second-order valence-corrected chi connectivity index (χ2v) is 4.67. The van der Waals surface area contributed by atoms with Crippen molar-refractivity contribution in [2.24, 2.45) is 0 Å². The SMILES string of the molecule is Cc1ccoc1C(C)Nc1ccccc1Br. The lowest BCUT2D eigenvalue weighted by molar-refractivity contribution is 0.487. The fraction of sp³-hybridized carbons (Fsp3) is 0.231. The van der Waals surface area contributed by atoms with Crippen molar-refractivity contribution >= 4 is 21.6 Å². The van der Waals surface area contributed by atoms with E-state index in [0.717, 1.165) is 15.9 Å². The van der Waals surface area contributed by atoms with Crippen LogP contribution in [0, 0.1) is 6.92 Å². The van der Waals surface area contributed by atoms with Gasteiger partial charge in [0.25, 0.3) is 0 Å². The number of halogens is 1. The van der Waals surface area contributed by atoms with Gasteiger partial charge in [0.2, 0.25) is 0 Å². The lowest BCUT2D eigenvalue weighted by Crippen LogP contribution is -2.07. The van der Waals surface area contributed by atoms with E-state index in [1.165, 1.54) is 5.56 Å². The summed E-state index contributed by atoms with van der Waals surface area (Å²) in [5.41, 5.74) is 2.25. The number of benzene rings is 1. The molecule has 2 aromatic rings. The monoisotopic (exact) mass is 279 g/mol. The molecule has 2 rings (SSSR count). The maximum atomic E-state index is 5.46. The number of aryl methyl sites for hydroxylation is 1. The molecule has 2 nitrogen and oxygen atoms in total. The molecule has 0 aliphatic heterocycles.